The molecule has 4 heteroatoms. The molecule has 1 atom stereocenters. The first kappa shape index (κ1) is 9.62. The highest BCUT2D eigenvalue weighted by Crippen LogP contribution is 1.96. The molecule has 0 aliphatic carbocycles. The minimum atomic E-state index is -1.84. The van der Waals surface area contributed by atoms with Crippen LogP contribution in [0.5, 0.6) is 0 Å². The van der Waals surface area contributed by atoms with Crippen LogP contribution in [0.25, 0.3) is 0 Å². The Hall–Kier alpha value is -0.375. The molecule has 1 unspecified atom stereocenters. The van der Waals surface area contributed by atoms with Crippen LogP contribution in [0.15, 0.2) is 0 Å². The average molecular weight is 144 g/mol. The summed E-state index contributed by atoms with van der Waals surface area (Å²) in [7, 11) is 4.60. The lowest BCUT2D eigenvalue weighted by Gasteiger charge is -2.05. The van der Waals surface area contributed by atoms with E-state index in [2.05, 4.69) is 12.6 Å². The molecule has 0 saturated carbocycles. The summed E-state index contributed by atoms with van der Waals surface area (Å²) in [5.41, 5.74) is 0. The molecule has 0 heterocycles. The zero-order valence-electron chi connectivity index (χ0n) is 6.13. The highest BCUT2D eigenvalue weighted by atomic mass is 19.1. The molecule has 0 saturated heterocycles. The average Bonchev–Trinajstić information content (AvgIpc) is 1.82. The van der Waals surface area contributed by atoms with Crippen LogP contribution in [0, 0.1) is 5.92 Å². The van der Waals surface area contributed by atoms with Crippen LogP contribution >= 0.6 is 0 Å². The van der Waals surface area contributed by atoms with Crippen molar-refractivity contribution in [2.75, 3.05) is 6.61 Å². The molecule has 0 aliphatic rings. The number of alkyl halides is 1. The van der Waals surface area contributed by atoms with Crippen molar-refractivity contribution >= 4 is 13.6 Å². The van der Waals surface area contributed by atoms with Crippen molar-refractivity contribution < 1.29 is 13.9 Å². The molecule has 0 aromatic heterocycles. The van der Waals surface area contributed by atoms with Crippen LogP contribution in [0.3, 0.4) is 0 Å². The summed E-state index contributed by atoms with van der Waals surface area (Å²) in [5.74, 6) is -0.271. The standard InChI is InChI=1S/C6H10BFO2/c1-4(2)5(9)3-10-6(7)8/h4,6H,3H2,1-2H3. The maximum absolute atomic E-state index is 11.7. The molecule has 56 valence electrons. The Bertz CT molecular complexity index is 114. The lowest BCUT2D eigenvalue weighted by molar-refractivity contribution is -0.129. The first-order valence-corrected chi connectivity index (χ1v) is 3.08. The number of rotatable bonds is 4. The summed E-state index contributed by atoms with van der Waals surface area (Å²) in [6, 6.07) is 0. The fourth-order valence-corrected chi connectivity index (χ4v) is 0.328. The number of ketones is 1. The van der Waals surface area contributed by atoms with Crippen molar-refractivity contribution in [2.45, 2.75) is 20.1 Å². The van der Waals surface area contributed by atoms with Crippen molar-refractivity contribution in [1.82, 2.24) is 0 Å². The Balaban J connectivity index is 3.40. The molecular weight excluding hydrogens is 134 g/mol. The second-order valence-corrected chi connectivity index (χ2v) is 2.28. The molecule has 0 N–H and O–H groups in total. The number of carbonyl (C=O) groups is 1. The molecule has 0 spiro atoms. The number of halogens is 1. The molecule has 0 bridgehead atoms. The van der Waals surface area contributed by atoms with Crippen LogP contribution in [-0.4, -0.2) is 26.5 Å². The van der Waals surface area contributed by atoms with E-state index in [1.165, 1.54) is 0 Å². The van der Waals surface area contributed by atoms with E-state index in [4.69, 9.17) is 0 Å². The predicted octanol–water partition coefficient (Wildman–Crippen LogP) is 0.650. The van der Waals surface area contributed by atoms with Gasteiger partial charge in [0.15, 0.2) is 19.9 Å². The quantitative estimate of drug-likeness (QED) is 0.541. The van der Waals surface area contributed by atoms with Gasteiger partial charge in [-0.25, -0.2) is 4.39 Å². The lowest BCUT2D eigenvalue weighted by atomic mass is 10.1. The van der Waals surface area contributed by atoms with Crippen LogP contribution in [-0.2, 0) is 9.53 Å². The minimum absolute atomic E-state index is 0.126. The van der Waals surface area contributed by atoms with E-state index in [0.717, 1.165) is 0 Å². The summed E-state index contributed by atoms with van der Waals surface area (Å²) < 4.78 is 16.0. The molecule has 0 rings (SSSR count). The predicted molar refractivity (Wildman–Crippen MR) is 36.4 cm³/mol. The number of hydrogen-bond donors (Lipinski definition) is 0. The Morgan fingerprint density at radius 1 is 1.70 bits per heavy atom. The van der Waals surface area contributed by atoms with Crippen molar-refractivity contribution in [3.8, 4) is 0 Å². The van der Waals surface area contributed by atoms with Gasteiger partial charge < -0.3 is 4.74 Å². The Kier molecular flexibility index (Phi) is 4.28. The Labute approximate surface area is 61.2 Å². The monoisotopic (exact) mass is 144 g/mol. The van der Waals surface area contributed by atoms with Gasteiger partial charge in [-0.15, -0.1) is 0 Å². The molecule has 0 aliphatic heterocycles. The van der Waals surface area contributed by atoms with Crippen LogP contribution in [0.4, 0.5) is 4.39 Å². The highest BCUT2D eigenvalue weighted by molar-refractivity contribution is 6.09. The number of ether oxygens (including phenoxy) is 1. The normalized spacial score (nSPS) is 13.6. The number of Topliss-reactive ketones (excluding diaryl/α,β-unsaturated/α-hetero) is 1. The maximum atomic E-state index is 11.7. The summed E-state index contributed by atoms with van der Waals surface area (Å²) in [6.07, 6.45) is -1.84. The fourth-order valence-electron chi connectivity index (χ4n) is 0.328. The first-order valence-electron chi connectivity index (χ1n) is 3.08. The highest BCUT2D eigenvalue weighted by Gasteiger charge is 2.08. The van der Waals surface area contributed by atoms with E-state index >= 15 is 0 Å². The van der Waals surface area contributed by atoms with Crippen LogP contribution in [0.1, 0.15) is 13.8 Å². The van der Waals surface area contributed by atoms with Gasteiger partial charge in [-0.3, -0.25) is 4.79 Å². The number of hydrogen-bond acceptors (Lipinski definition) is 2. The second kappa shape index (κ2) is 4.44. The summed E-state index contributed by atoms with van der Waals surface area (Å²) in [6.45, 7) is 3.19. The minimum Gasteiger partial charge on any atom is -0.349 e. The van der Waals surface area contributed by atoms with Crippen molar-refractivity contribution in [3.05, 3.63) is 0 Å². The van der Waals surface area contributed by atoms with Crippen molar-refractivity contribution in [3.63, 3.8) is 0 Å². The molecule has 10 heavy (non-hydrogen) atoms. The van der Waals surface area contributed by atoms with Gasteiger partial charge in [0.25, 0.3) is 0 Å². The summed E-state index contributed by atoms with van der Waals surface area (Å²) in [5, 5.41) is 0. The molecule has 2 radical (unpaired) electrons. The van der Waals surface area contributed by atoms with E-state index in [1.54, 1.807) is 13.8 Å². The largest absolute Gasteiger partial charge is 0.349 e. The third-order valence-electron chi connectivity index (χ3n) is 1.03. The van der Waals surface area contributed by atoms with E-state index in [1.807, 2.05) is 0 Å². The lowest BCUT2D eigenvalue weighted by Crippen LogP contribution is -2.18. The zero-order chi connectivity index (χ0) is 8.15. The molecule has 0 fully saturated rings. The fraction of sp³-hybridized carbons (Fsp3) is 0.833. The molecule has 0 amide bonds. The van der Waals surface area contributed by atoms with E-state index in [0.29, 0.717) is 0 Å². The topological polar surface area (TPSA) is 26.3 Å². The third-order valence-corrected chi connectivity index (χ3v) is 1.03. The van der Waals surface area contributed by atoms with Gasteiger partial charge in [0.1, 0.15) is 6.61 Å². The van der Waals surface area contributed by atoms with Crippen LogP contribution in [0.2, 0.25) is 0 Å². The van der Waals surface area contributed by atoms with Crippen molar-refractivity contribution in [2.24, 2.45) is 5.92 Å². The van der Waals surface area contributed by atoms with Gasteiger partial charge in [0, 0.05) is 5.92 Å². The molecule has 0 aromatic rings. The Morgan fingerprint density at radius 2 is 2.20 bits per heavy atom. The van der Waals surface area contributed by atoms with Gasteiger partial charge in [0.2, 0.25) is 0 Å². The van der Waals surface area contributed by atoms with Gasteiger partial charge in [0.05, 0.1) is 0 Å². The number of carbonyl (C=O) groups excluding carboxylic acids is 1. The van der Waals surface area contributed by atoms with E-state index in [-0.39, 0.29) is 18.3 Å². The maximum Gasteiger partial charge on any atom is 0.161 e. The SMILES string of the molecule is [B]C(F)OCC(=O)C(C)C. The molecule has 0 aromatic carbocycles. The molecule has 2 nitrogen and oxygen atoms in total. The third kappa shape index (κ3) is 4.50. The Morgan fingerprint density at radius 3 is 2.50 bits per heavy atom. The summed E-state index contributed by atoms with van der Waals surface area (Å²) in [4.78, 5) is 10.7. The smallest absolute Gasteiger partial charge is 0.161 e. The van der Waals surface area contributed by atoms with Crippen molar-refractivity contribution in [1.29, 1.82) is 0 Å². The molecular formula is C6H10BFO2. The van der Waals surface area contributed by atoms with Crippen LogP contribution < -0.4 is 0 Å². The van der Waals surface area contributed by atoms with E-state index in [9.17, 15) is 9.18 Å². The summed E-state index contributed by atoms with van der Waals surface area (Å²) >= 11 is 0. The first-order chi connectivity index (χ1) is 4.54. The van der Waals surface area contributed by atoms with E-state index < -0.39 is 6.26 Å². The van der Waals surface area contributed by atoms with Gasteiger partial charge >= 0.3 is 0 Å². The van der Waals surface area contributed by atoms with Gasteiger partial charge in [-0.1, -0.05) is 13.8 Å². The van der Waals surface area contributed by atoms with Gasteiger partial charge in [-0.05, 0) is 0 Å². The second-order valence-electron chi connectivity index (χ2n) is 2.28. The zero-order valence-corrected chi connectivity index (χ0v) is 6.13. The van der Waals surface area contributed by atoms with Gasteiger partial charge in [-0.2, -0.15) is 0 Å².